The van der Waals surface area contributed by atoms with Crippen LogP contribution in [0.15, 0.2) is 60.2 Å². The number of halogens is 1. The van der Waals surface area contributed by atoms with E-state index in [-0.39, 0.29) is 5.91 Å². The molecule has 0 saturated carbocycles. The number of thiophene rings is 1. The van der Waals surface area contributed by atoms with Crippen LogP contribution >= 0.6 is 22.9 Å². The van der Waals surface area contributed by atoms with Crippen molar-refractivity contribution in [3.8, 4) is 5.75 Å². The maximum atomic E-state index is 12.3. The van der Waals surface area contributed by atoms with Crippen LogP contribution in [-0.2, 0) is 6.61 Å². The molecule has 0 aliphatic rings. The zero-order valence-electron chi connectivity index (χ0n) is 12.0. The number of pyridine rings is 1. The smallest absolute Gasteiger partial charge is 0.269 e. The van der Waals surface area contributed by atoms with Crippen molar-refractivity contribution in [3.05, 3.63) is 75.7 Å². The number of ether oxygens (including phenoxy) is 1. The van der Waals surface area contributed by atoms with Gasteiger partial charge in [-0.25, -0.2) is 0 Å². The highest BCUT2D eigenvalue weighted by Gasteiger charge is 2.15. The first-order valence-electron chi connectivity index (χ1n) is 6.88. The van der Waals surface area contributed by atoms with Gasteiger partial charge in [-0.2, -0.15) is 0 Å². The van der Waals surface area contributed by atoms with E-state index in [1.54, 1.807) is 30.6 Å². The normalized spacial score (nSPS) is 10.3. The van der Waals surface area contributed by atoms with E-state index in [0.717, 1.165) is 5.56 Å². The molecule has 0 bridgehead atoms. The first-order chi connectivity index (χ1) is 11.2. The average molecular weight is 345 g/mol. The number of benzene rings is 1. The predicted molar refractivity (Wildman–Crippen MR) is 92.3 cm³/mol. The number of nitrogens with zero attached hydrogens (tertiary/aromatic N) is 1. The number of nitrogens with one attached hydrogen (secondary N) is 1. The molecular weight excluding hydrogens is 332 g/mol. The van der Waals surface area contributed by atoms with Crippen LogP contribution in [0.5, 0.6) is 5.75 Å². The second-order valence-electron chi connectivity index (χ2n) is 4.72. The summed E-state index contributed by atoms with van der Waals surface area (Å²) in [5.74, 6) is 0.352. The minimum Gasteiger partial charge on any atom is -0.487 e. The standard InChI is InChI=1S/C17H13ClN2O2S/c18-13-5-3-12(4-6-13)11-22-15-7-9-23-16(15)17(21)20-14-2-1-8-19-10-14/h1-10H,11H2,(H,20,21). The van der Waals surface area contributed by atoms with Crippen LogP contribution in [-0.4, -0.2) is 10.9 Å². The number of rotatable bonds is 5. The Morgan fingerprint density at radius 1 is 1.22 bits per heavy atom. The zero-order valence-corrected chi connectivity index (χ0v) is 13.6. The molecule has 0 saturated heterocycles. The lowest BCUT2D eigenvalue weighted by Crippen LogP contribution is -2.11. The SMILES string of the molecule is O=C(Nc1cccnc1)c1sccc1OCc1ccc(Cl)cc1. The Morgan fingerprint density at radius 2 is 2.04 bits per heavy atom. The highest BCUT2D eigenvalue weighted by atomic mass is 35.5. The van der Waals surface area contributed by atoms with Crippen molar-refractivity contribution in [2.75, 3.05) is 5.32 Å². The van der Waals surface area contributed by atoms with Crippen molar-refractivity contribution >= 4 is 34.5 Å². The molecular formula is C17H13ClN2O2S. The van der Waals surface area contributed by atoms with Gasteiger partial charge in [0.15, 0.2) is 0 Å². The number of aromatic nitrogens is 1. The number of carbonyl (C=O) groups excluding carboxylic acids is 1. The molecule has 2 aromatic heterocycles. The van der Waals surface area contributed by atoms with Crippen molar-refractivity contribution in [1.82, 2.24) is 4.98 Å². The largest absolute Gasteiger partial charge is 0.487 e. The van der Waals surface area contributed by atoms with Gasteiger partial charge >= 0.3 is 0 Å². The first kappa shape index (κ1) is 15.5. The summed E-state index contributed by atoms with van der Waals surface area (Å²) in [6.07, 6.45) is 3.25. The summed E-state index contributed by atoms with van der Waals surface area (Å²) in [5, 5.41) is 5.31. The minimum absolute atomic E-state index is 0.209. The van der Waals surface area contributed by atoms with Gasteiger partial charge in [-0.1, -0.05) is 23.7 Å². The number of hydrogen-bond acceptors (Lipinski definition) is 4. The Balaban J connectivity index is 1.67. The fraction of sp³-hybridized carbons (Fsp3) is 0.0588. The molecule has 1 N–H and O–H groups in total. The van der Waals surface area contributed by atoms with E-state index in [1.165, 1.54) is 11.3 Å². The Labute approximate surface area is 142 Å². The van der Waals surface area contributed by atoms with Gasteiger partial charge in [0, 0.05) is 11.2 Å². The number of anilines is 1. The molecule has 23 heavy (non-hydrogen) atoms. The highest BCUT2D eigenvalue weighted by molar-refractivity contribution is 7.12. The van der Waals surface area contributed by atoms with Gasteiger partial charge in [-0.05, 0) is 41.3 Å². The van der Waals surface area contributed by atoms with E-state index >= 15 is 0 Å². The third-order valence-corrected chi connectivity index (χ3v) is 4.21. The molecule has 0 spiro atoms. The monoisotopic (exact) mass is 344 g/mol. The Hall–Kier alpha value is -2.37. The molecule has 6 heteroatoms. The third kappa shape index (κ3) is 4.09. The number of hydrogen-bond donors (Lipinski definition) is 1. The molecule has 0 unspecified atom stereocenters. The molecule has 0 fully saturated rings. The van der Waals surface area contributed by atoms with Gasteiger partial charge in [0.2, 0.25) is 0 Å². The molecule has 1 aromatic carbocycles. The molecule has 0 atom stereocenters. The maximum Gasteiger partial charge on any atom is 0.269 e. The van der Waals surface area contributed by atoms with Crippen molar-refractivity contribution in [3.63, 3.8) is 0 Å². The van der Waals surface area contributed by atoms with Crippen LogP contribution in [0, 0.1) is 0 Å². The summed E-state index contributed by atoms with van der Waals surface area (Å²) in [6, 6.07) is 12.7. The Bertz CT molecular complexity index is 788. The molecule has 3 aromatic rings. The summed E-state index contributed by atoms with van der Waals surface area (Å²) in [6.45, 7) is 0.376. The van der Waals surface area contributed by atoms with E-state index < -0.39 is 0 Å². The topological polar surface area (TPSA) is 51.2 Å². The van der Waals surface area contributed by atoms with Crippen LogP contribution in [0.1, 0.15) is 15.2 Å². The lowest BCUT2D eigenvalue weighted by Gasteiger charge is -2.08. The van der Waals surface area contributed by atoms with Crippen LogP contribution in [0.25, 0.3) is 0 Å². The molecule has 0 radical (unpaired) electrons. The molecule has 1 amide bonds. The molecule has 3 rings (SSSR count). The number of amides is 1. The number of carbonyl (C=O) groups is 1. The van der Waals surface area contributed by atoms with Gasteiger partial charge < -0.3 is 10.1 Å². The zero-order chi connectivity index (χ0) is 16.1. The third-order valence-electron chi connectivity index (χ3n) is 3.06. The van der Waals surface area contributed by atoms with E-state index in [4.69, 9.17) is 16.3 Å². The quantitative estimate of drug-likeness (QED) is 0.734. The summed E-state index contributed by atoms with van der Waals surface area (Å²) in [5.41, 5.74) is 1.63. The summed E-state index contributed by atoms with van der Waals surface area (Å²) >= 11 is 7.19. The predicted octanol–water partition coefficient (Wildman–Crippen LogP) is 4.63. The lowest BCUT2D eigenvalue weighted by atomic mass is 10.2. The highest BCUT2D eigenvalue weighted by Crippen LogP contribution is 2.27. The fourth-order valence-corrected chi connectivity index (χ4v) is 2.80. The summed E-state index contributed by atoms with van der Waals surface area (Å²) < 4.78 is 5.75. The van der Waals surface area contributed by atoms with E-state index in [0.29, 0.717) is 27.9 Å². The van der Waals surface area contributed by atoms with Crippen molar-refractivity contribution in [2.45, 2.75) is 6.61 Å². The van der Waals surface area contributed by atoms with Crippen LogP contribution in [0.2, 0.25) is 5.02 Å². The molecule has 4 nitrogen and oxygen atoms in total. The van der Waals surface area contributed by atoms with Crippen molar-refractivity contribution in [1.29, 1.82) is 0 Å². The Kier molecular flexibility index (Phi) is 4.90. The second-order valence-corrected chi connectivity index (χ2v) is 6.08. The molecule has 0 aliphatic carbocycles. The minimum atomic E-state index is -0.209. The van der Waals surface area contributed by atoms with Crippen LogP contribution in [0.4, 0.5) is 5.69 Å². The van der Waals surface area contributed by atoms with Crippen LogP contribution < -0.4 is 10.1 Å². The second kappa shape index (κ2) is 7.26. The van der Waals surface area contributed by atoms with Gasteiger partial charge in [-0.3, -0.25) is 9.78 Å². The average Bonchev–Trinajstić information content (AvgIpc) is 3.04. The molecule has 2 heterocycles. The molecule has 0 aliphatic heterocycles. The van der Waals surface area contributed by atoms with E-state index in [2.05, 4.69) is 10.3 Å². The molecule has 116 valence electrons. The van der Waals surface area contributed by atoms with Gasteiger partial charge in [0.1, 0.15) is 17.2 Å². The first-order valence-corrected chi connectivity index (χ1v) is 8.14. The van der Waals surface area contributed by atoms with Crippen molar-refractivity contribution < 1.29 is 9.53 Å². The summed E-state index contributed by atoms with van der Waals surface area (Å²) in [4.78, 5) is 16.8. The van der Waals surface area contributed by atoms with Gasteiger partial charge in [0.05, 0.1) is 11.9 Å². The summed E-state index contributed by atoms with van der Waals surface area (Å²) in [7, 11) is 0. The van der Waals surface area contributed by atoms with E-state index in [9.17, 15) is 4.79 Å². The van der Waals surface area contributed by atoms with Gasteiger partial charge in [-0.15, -0.1) is 11.3 Å². The van der Waals surface area contributed by atoms with Gasteiger partial charge in [0.25, 0.3) is 5.91 Å². The Morgan fingerprint density at radius 3 is 2.78 bits per heavy atom. The van der Waals surface area contributed by atoms with Crippen molar-refractivity contribution in [2.24, 2.45) is 0 Å². The maximum absolute atomic E-state index is 12.3. The lowest BCUT2D eigenvalue weighted by molar-refractivity contribution is 0.102. The van der Waals surface area contributed by atoms with Crippen LogP contribution in [0.3, 0.4) is 0 Å². The fourth-order valence-electron chi connectivity index (χ4n) is 1.94. The van der Waals surface area contributed by atoms with E-state index in [1.807, 2.05) is 29.6 Å².